The molecule has 1 rings (SSSR count). The predicted molar refractivity (Wildman–Crippen MR) is 79.8 cm³/mol. The standard InChI is InChI=1S/C17H26O2/c1-8-15(18)19-14-11-12(16(2,3)4)9-10-13(14)17(5,6)7/h9-11H,8H2,1-7H3. The zero-order chi connectivity index (χ0) is 14.8. The molecule has 0 fully saturated rings. The molecule has 0 saturated heterocycles. The smallest absolute Gasteiger partial charge is 0.310 e. The van der Waals surface area contributed by atoms with Crippen LogP contribution in [0, 0.1) is 0 Å². The molecule has 0 aliphatic heterocycles. The Bertz CT molecular complexity index is 459. The minimum absolute atomic E-state index is 0.0419. The Morgan fingerprint density at radius 2 is 1.63 bits per heavy atom. The molecule has 2 nitrogen and oxygen atoms in total. The van der Waals surface area contributed by atoms with Crippen molar-refractivity contribution in [2.45, 2.75) is 65.7 Å². The third-order valence-corrected chi connectivity index (χ3v) is 3.17. The number of carbonyl (C=O) groups excluding carboxylic acids is 1. The van der Waals surface area contributed by atoms with E-state index >= 15 is 0 Å². The van der Waals surface area contributed by atoms with Gasteiger partial charge in [0.2, 0.25) is 0 Å². The maximum absolute atomic E-state index is 11.6. The van der Waals surface area contributed by atoms with E-state index in [4.69, 9.17) is 4.74 Å². The van der Waals surface area contributed by atoms with Crippen LogP contribution >= 0.6 is 0 Å². The molecule has 0 radical (unpaired) electrons. The van der Waals surface area contributed by atoms with E-state index in [2.05, 4.69) is 53.7 Å². The monoisotopic (exact) mass is 262 g/mol. The molecule has 106 valence electrons. The Kier molecular flexibility index (Phi) is 4.44. The summed E-state index contributed by atoms with van der Waals surface area (Å²) in [5, 5.41) is 0. The first-order chi connectivity index (χ1) is 8.55. The highest BCUT2D eigenvalue weighted by molar-refractivity contribution is 5.72. The molecule has 0 amide bonds. The molecule has 0 heterocycles. The summed E-state index contributed by atoms with van der Waals surface area (Å²) in [7, 11) is 0. The maximum Gasteiger partial charge on any atom is 0.310 e. The number of rotatable bonds is 2. The van der Waals surface area contributed by atoms with Crippen LogP contribution in [0.3, 0.4) is 0 Å². The van der Waals surface area contributed by atoms with Crippen molar-refractivity contribution in [2.75, 3.05) is 0 Å². The first-order valence-corrected chi connectivity index (χ1v) is 6.91. The van der Waals surface area contributed by atoms with Crippen molar-refractivity contribution in [3.05, 3.63) is 29.3 Å². The second-order valence-corrected chi connectivity index (χ2v) is 7.04. The molecule has 0 N–H and O–H groups in total. The molecule has 0 aromatic heterocycles. The summed E-state index contributed by atoms with van der Waals surface area (Å²) in [6.07, 6.45) is 0.392. The first-order valence-electron chi connectivity index (χ1n) is 6.91. The van der Waals surface area contributed by atoms with Crippen molar-refractivity contribution >= 4 is 5.97 Å². The fourth-order valence-corrected chi connectivity index (χ4v) is 1.89. The van der Waals surface area contributed by atoms with Crippen LogP contribution in [0.25, 0.3) is 0 Å². The van der Waals surface area contributed by atoms with Crippen LogP contribution in [0.2, 0.25) is 0 Å². The Labute approximate surface area is 117 Å². The molecule has 0 unspecified atom stereocenters. The van der Waals surface area contributed by atoms with Crippen LogP contribution in [0.4, 0.5) is 0 Å². The molecule has 0 spiro atoms. The second kappa shape index (κ2) is 5.36. The summed E-state index contributed by atoms with van der Waals surface area (Å²) in [5.41, 5.74) is 2.26. The van der Waals surface area contributed by atoms with Crippen LogP contribution < -0.4 is 4.74 Å². The largest absolute Gasteiger partial charge is 0.426 e. The van der Waals surface area contributed by atoms with Gasteiger partial charge in [0.15, 0.2) is 0 Å². The van der Waals surface area contributed by atoms with E-state index in [0.717, 1.165) is 5.56 Å². The first kappa shape index (κ1) is 15.7. The van der Waals surface area contributed by atoms with Gasteiger partial charge in [-0.3, -0.25) is 4.79 Å². The summed E-state index contributed by atoms with van der Waals surface area (Å²) >= 11 is 0. The Balaban J connectivity index is 3.31. The van der Waals surface area contributed by atoms with Crippen LogP contribution in [0.1, 0.15) is 66.0 Å². The Morgan fingerprint density at radius 1 is 1.05 bits per heavy atom. The maximum atomic E-state index is 11.6. The number of esters is 1. The molecular weight excluding hydrogens is 236 g/mol. The van der Waals surface area contributed by atoms with Gasteiger partial charge in [-0.2, -0.15) is 0 Å². The van der Waals surface area contributed by atoms with Crippen molar-refractivity contribution in [2.24, 2.45) is 0 Å². The van der Waals surface area contributed by atoms with Crippen LogP contribution in [-0.4, -0.2) is 5.97 Å². The van der Waals surface area contributed by atoms with Crippen LogP contribution in [-0.2, 0) is 15.6 Å². The second-order valence-electron chi connectivity index (χ2n) is 7.04. The lowest BCUT2D eigenvalue weighted by Crippen LogP contribution is -2.18. The van der Waals surface area contributed by atoms with E-state index in [1.807, 2.05) is 13.0 Å². The number of hydrogen-bond donors (Lipinski definition) is 0. The van der Waals surface area contributed by atoms with Crippen molar-refractivity contribution in [1.82, 2.24) is 0 Å². The molecule has 2 heteroatoms. The summed E-state index contributed by atoms with van der Waals surface area (Å²) in [5.74, 6) is 0.517. The lowest BCUT2D eigenvalue weighted by molar-refractivity contribution is -0.134. The van der Waals surface area contributed by atoms with Gasteiger partial charge >= 0.3 is 5.97 Å². The highest BCUT2D eigenvalue weighted by Crippen LogP contribution is 2.35. The molecule has 0 bridgehead atoms. The van der Waals surface area contributed by atoms with E-state index in [1.165, 1.54) is 5.56 Å². The van der Waals surface area contributed by atoms with Crippen molar-refractivity contribution < 1.29 is 9.53 Å². The van der Waals surface area contributed by atoms with E-state index in [1.54, 1.807) is 0 Å². The minimum atomic E-state index is -0.184. The number of carbonyl (C=O) groups is 1. The quantitative estimate of drug-likeness (QED) is 0.575. The molecular formula is C17H26O2. The molecule has 0 aliphatic carbocycles. The third kappa shape index (κ3) is 4.09. The van der Waals surface area contributed by atoms with Gasteiger partial charge in [0.1, 0.15) is 5.75 Å². The number of hydrogen-bond acceptors (Lipinski definition) is 2. The van der Waals surface area contributed by atoms with Crippen LogP contribution in [0.5, 0.6) is 5.75 Å². The van der Waals surface area contributed by atoms with Gasteiger partial charge in [0.05, 0.1) is 0 Å². The average Bonchev–Trinajstić information content (AvgIpc) is 2.26. The topological polar surface area (TPSA) is 26.3 Å². The summed E-state index contributed by atoms with van der Waals surface area (Å²) in [6, 6.07) is 6.22. The van der Waals surface area contributed by atoms with E-state index < -0.39 is 0 Å². The summed E-state index contributed by atoms with van der Waals surface area (Å²) in [6.45, 7) is 14.7. The van der Waals surface area contributed by atoms with E-state index in [0.29, 0.717) is 12.2 Å². The zero-order valence-electron chi connectivity index (χ0n) is 13.3. The van der Waals surface area contributed by atoms with Gasteiger partial charge in [-0.25, -0.2) is 0 Å². The number of ether oxygens (including phenoxy) is 1. The third-order valence-electron chi connectivity index (χ3n) is 3.17. The lowest BCUT2D eigenvalue weighted by atomic mass is 9.81. The van der Waals surface area contributed by atoms with Gasteiger partial charge in [-0.05, 0) is 22.5 Å². The van der Waals surface area contributed by atoms with Crippen molar-refractivity contribution in [3.8, 4) is 5.75 Å². The fourth-order valence-electron chi connectivity index (χ4n) is 1.89. The Morgan fingerprint density at radius 3 is 2.05 bits per heavy atom. The fraction of sp³-hybridized carbons (Fsp3) is 0.588. The van der Waals surface area contributed by atoms with Crippen LogP contribution in [0.15, 0.2) is 18.2 Å². The number of benzene rings is 1. The van der Waals surface area contributed by atoms with E-state index in [9.17, 15) is 4.79 Å². The van der Waals surface area contributed by atoms with Crippen molar-refractivity contribution in [1.29, 1.82) is 0 Å². The van der Waals surface area contributed by atoms with Gasteiger partial charge in [0.25, 0.3) is 0 Å². The molecule has 19 heavy (non-hydrogen) atoms. The zero-order valence-corrected chi connectivity index (χ0v) is 13.3. The minimum Gasteiger partial charge on any atom is -0.426 e. The highest BCUT2D eigenvalue weighted by Gasteiger charge is 2.23. The molecule has 1 aromatic rings. The lowest BCUT2D eigenvalue weighted by Gasteiger charge is -2.26. The van der Waals surface area contributed by atoms with E-state index in [-0.39, 0.29) is 16.8 Å². The van der Waals surface area contributed by atoms with Gasteiger partial charge in [-0.15, -0.1) is 0 Å². The summed E-state index contributed by atoms with van der Waals surface area (Å²) < 4.78 is 5.52. The van der Waals surface area contributed by atoms with Gasteiger partial charge in [-0.1, -0.05) is 60.6 Å². The molecule has 0 aliphatic rings. The molecule has 1 aromatic carbocycles. The summed E-state index contributed by atoms with van der Waals surface area (Å²) in [4.78, 5) is 11.6. The normalized spacial score (nSPS) is 12.4. The van der Waals surface area contributed by atoms with Gasteiger partial charge < -0.3 is 4.74 Å². The van der Waals surface area contributed by atoms with Crippen molar-refractivity contribution in [3.63, 3.8) is 0 Å². The highest BCUT2D eigenvalue weighted by atomic mass is 16.5. The molecule has 0 atom stereocenters. The average molecular weight is 262 g/mol. The van der Waals surface area contributed by atoms with Gasteiger partial charge in [0, 0.05) is 12.0 Å². The molecule has 0 saturated carbocycles. The predicted octanol–water partition coefficient (Wildman–Crippen LogP) is 4.60. The Hall–Kier alpha value is -1.31. The SMILES string of the molecule is CCC(=O)Oc1cc(C(C)(C)C)ccc1C(C)(C)C.